The summed E-state index contributed by atoms with van der Waals surface area (Å²) in [6.07, 6.45) is 3.50. The van der Waals surface area contributed by atoms with Crippen LogP contribution in [-0.2, 0) is 16.1 Å². The first-order valence-electron chi connectivity index (χ1n) is 7.48. The maximum Gasteiger partial charge on any atom is 0.131 e. The minimum Gasteiger partial charge on any atom is -0.373 e. The van der Waals surface area contributed by atoms with Gasteiger partial charge in [0.2, 0.25) is 0 Å². The zero-order valence-electron chi connectivity index (χ0n) is 12.9. The molecule has 1 aliphatic rings. The molecule has 1 fully saturated rings. The van der Waals surface area contributed by atoms with Crippen molar-refractivity contribution in [2.24, 2.45) is 11.7 Å². The first-order valence-corrected chi connectivity index (χ1v) is 7.86. The fraction of sp³-hybridized carbons (Fsp3) is 0.625. The molecule has 0 unspecified atom stereocenters. The molecule has 2 N–H and O–H groups in total. The lowest BCUT2D eigenvalue weighted by Crippen LogP contribution is -2.36. The number of carbonyl (C=O) groups is 1. The summed E-state index contributed by atoms with van der Waals surface area (Å²) in [4.78, 5) is 14.6. The van der Waals surface area contributed by atoms with Gasteiger partial charge in [-0.25, -0.2) is 9.37 Å². The van der Waals surface area contributed by atoms with E-state index in [2.05, 4.69) is 4.98 Å². The zero-order chi connectivity index (χ0) is 16.4. The molecule has 0 bridgehead atoms. The normalized spacial score (nSPS) is 31.8. The molecule has 0 aliphatic heterocycles. The molecule has 22 heavy (non-hydrogen) atoms. The Balaban J connectivity index is 1.92. The lowest BCUT2D eigenvalue weighted by atomic mass is 10.0. The van der Waals surface area contributed by atoms with Gasteiger partial charge in [0.15, 0.2) is 0 Å². The summed E-state index contributed by atoms with van der Waals surface area (Å²) in [6.45, 7) is 3.82. The largest absolute Gasteiger partial charge is 0.373 e. The van der Waals surface area contributed by atoms with Gasteiger partial charge in [-0.05, 0) is 31.4 Å². The SMILES string of the molecule is CC[C@@H](C[C@]1(N)[C@H](CC=O)[C@]1(C)F)OCc1ccc(Cl)nc1. The molecule has 4 nitrogen and oxygen atoms in total. The van der Waals surface area contributed by atoms with Crippen molar-refractivity contribution in [1.82, 2.24) is 4.98 Å². The molecule has 2 rings (SSSR count). The number of nitrogens with zero attached hydrogens (tertiary/aromatic N) is 1. The van der Waals surface area contributed by atoms with Crippen LogP contribution in [0.25, 0.3) is 0 Å². The summed E-state index contributed by atoms with van der Waals surface area (Å²) in [5, 5.41) is 0.430. The van der Waals surface area contributed by atoms with E-state index in [1.54, 1.807) is 12.3 Å². The van der Waals surface area contributed by atoms with E-state index in [4.69, 9.17) is 22.1 Å². The lowest BCUT2D eigenvalue weighted by Gasteiger charge is -2.21. The van der Waals surface area contributed by atoms with E-state index in [9.17, 15) is 9.18 Å². The van der Waals surface area contributed by atoms with E-state index in [1.807, 2.05) is 13.0 Å². The van der Waals surface area contributed by atoms with Crippen LogP contribution in [0.1, 0.15) is 38.7 Å². The molecule has 0 spiro atoms. The van der Waals surface area contributed by atoms with Gasteiger partial charge < -0.3 is 15.3 Å². The van der Waals surface area contributed by atoms with E-state index in [-0.39, 0.29) is 12.5 Å². The minimum absolute atomic E-state index is 0.154. The Kier molecular flexibility index (Phi) is 5.20. The van der Waals surface area contributed by atoms with Crippen molar-refractivity contribution in [3.63, 3.8) is 0 Å². The number of rotatable bonds is 8. The van der Waals surface area contributed by atoms with Gasteiger partial charge in [-0.15, -0.1) is 0 Å². The van der Waals surface area contributed by atoms with Crippen molar-refractivity contribution in [3.8, 4) is 0 Å². The zero-order valence-corrected chi connectivity index (χ0v) is 13.6. The van der Waals surface area contributed by atoms with Crippen LogP contribution in [-0.4, -0.2) is 28.6 Å². The molecule has 1 aromatic heterocycles. The van der Waals surface area contributed by atoms with Crippen molar-refractivity contribution in [1.29, 1.82) is 0 Å². The standard InChI is InChI=1S/C16H22ClFN2O2/c1-3-12(22-10-11-4-5-14(17)20-9-11)8-16(19)13(6-7-21)15(16,2)18/h4-5,7,9,12-13H,3,6,8,10,19H2,1-2H3/t12-,13+,15-,16-/m0/s1. The van der Waals surface area contributed by atoms with Gasteiger partial charge in [-0.3, -0.25) is 0 Å². The molecule has 1 saturated carbocycles. The highest BCUT2D eigenvalue weighted by atomic mass is 35.5. The van der Waals surface area contributed by atoms with Gasteiger partial charge in [0, 0.05) is 18.5 Å². The summed E-state index contributed by atoms with van der Waals surface area (Å²) >= 11 is 5.74. The highest BCUT2D eigenvalue weighted by Crippen LogP contribution is 2.59. The molecule has 0 aromatic carbocycles. The van der Waals surface area contributed by atoms with Crippen molar-refractivity contribution in [2.45, 2.75) is 57.0 Å². The summed E-state index contributed by atoms with van der Waals surface area (Å²) in [5.41, 5.74) is 4.59. The van der Waals surface area contributed by atoms with E-state index >= 15 is 0 Å². The van der Waals surface area contributed by atoms with Gasteiger partial charge in [-0.2, -0.15) is 0 Å². The summed E-state index contributed by atoms with van der Waals surface area (Å²) in [6, 6.07) is 3.54. The summed E-state index contributed by atoms with van der Waals surface area (Å²) in [5.74, 6) is -0.424. The Bertz CT molecular complexity index is 523. The highest BCUT2D eigenvalue weighted by Gasteiger charge is 2.73. The highest BCUT2D eigenvalue weighted by molar-refractivity contribution is 6.29. The lowest BCUT2D eigenvalue weighted by molar-refractivity contribution is -0.108. The molecule has 1 heterocycles. The predicted molar refractivity (Wildman–Crippen MR) is 83.3 cm³/mol. The monoisotopic (exact) mass is 328 g/mol. The number of hydrogen-bond acceptors (Lipinski definition) is 4. The van der Waals surface area contributed by atoms with Crippen LogP contribution in [0.15, 0.2) is 18.3 Å². The number of aromatic nitrogens is 1. The topological polar surface area (TPSA) is 65.2 Å². The van der Waals surface area contributed by atoms with Crippen molar-refractivity contribution in [2.75, 3.05) is 0 Å². The maximum absolute atomic E-state index is 14.4. The minimum atomic E-state index is -1.51. The fourth-order valence-corrected chi connectivity index (χ4v) is 3.16. The smallest absolute Gasteiger partial charge is 0.131 e. The number of nitrogens with two attached hydrogens (primary N) is 1. The van der Waals surface area contributed by atoms with E-state index in [1.165, 1.54) is 6.92 Å². The second kappa shape index (κ2) is 6.60. The number of alkyl halides is 1. The third-order valence-corrected chi connectivity index (χ3v) is 4.95. The molecule has 0 radical (unpaired) electrons. The third-order valence-electron chi connectivity index (χ3n) is 4.73. The molecular weight excluding hydrogens is 307 g/mol. The number of hydrogen-bond donors (Lipinski definition) is 1. The summed E-state index contributed by atoms with van der Waals surface area (Å²) in [7, 11) is 0. The van der Waals surface area contributed by atoms with E-state index in [0.29, 0.717) is 18.2 Å². The van der Waals surface area contributed by atoms with Crippen molar-refractivity contribution >= 4 is 17.9 Å². The van der Waals surface area contributed by atoms with Crippen LogP contribution in [0.3, 0.4) is 0 Å². The molecule has 1 aromatic rings. The average molecular weight is 329 g/mol. The van der Waals surface area contributed by atoms with Crippen molar-refractivity contribution < 1.29 is 13.9 Å². The van der Waals surface area contributed by atoms with E-state index < -0.39 is 17.1 Å². The van der Waals surface area contributed by atoms with Crippen LogP contribution in [0.5, 0.6) is 0 Å². The van der Waals surface area contributed by atoms with Gasteiger partial charge in [0.1, 0.15) is 17.1 Å². The van der Waals surface area contributed by atoms with Gasteiger partial charge >= 0.3 is 0 Å². The Morgan fingerprint density at radius 1 is 1.59 bits per heavy atom. The first kappa shape index (κ1) is 17.3. The molecular formula is C16H22ClFN2O2. The van der Waals surface area contributed by atoms with Crippen LogP contribution in [0.4, 0.5) is 4.39 Å². The third kappa shape index (κ3) is 3.31. The Morgan fingerprint density at radius 2 is 2.32 bits per heavy atom. The second-order valence-corrected chi connectivity index (χ2v) is 6.49. The molecule has 4 atom stereocenters. The van der Waals surface area contributed by atoms with Gasteiger partial charge in [0.25, 0.3) is 0 Å². The van der Waals surface area contributed by atoms with Crippen LogP contribution in [0, 0.1) is 5.92 Å². The fourth-order valence-electron chi connectivity index (χ4n) is 3.05. The number of aldehydes is 1. The molecule has 0 saturated heterocycles. The van der Waals surface area contributed by atoms with E-state index in [0.717, 1.165) is 18.3 Å². The Morgan fingerprint density at radius 3 is 2.86 bits per heavy atom. The molecule has 0 amide bonds. The number of halogens is 2. The maximum atomic E-state index is 14.4. The van der Waals surface area contributed by atoms with Gasteiger partial charge in [0.05, 0.1) is 18.2 Å². The van der Waals surface area contributed by atoms with Crippen LogP contribution >= 0.6 is 11.6 Å². The number of pyridine rings is 1. The Labute approximate surface area is 135 Å². The van der Waals surface area contributed by atoms with Crippen LogP contribution < -0.4 is 5.73 Å². The Hall–Kier alpha value is -1.04. The predicted octanol–water partition coefficient (Wildman–Crippen LogP) is 3.06. The molecule has 6 heteroatoms. The number of carbonyl (C=O) groups excluding carboxylic acids is 1. The molecule has 1 aliphatic carbocycles. The quantitative estimate of drug-likeness (QED) is 0.588. The average Bonchev–Trinajstić information content (AvgIpc) is 2.90. The summed E-state index contributed by atoms with van der Waals surface area (Å²) < 4.78 is 20.3. The van der Waals surface area contributed by atoms with Crippen LogP contribution in [0.2, 0.25) is 5.15 Å². The second-order valence-electron chi connectivity index (χ2n) is 6.11. The molecule has 122 valence electrons. The van der Waals surface area contributed by atoms with Gasteiger partial charge in [-0.1, -0.05) is 24.6 Å². The van der Waals surface area contributed by atoms with Crippen molar-refractivity contribution in [3.05, 3.63) is 29.0 Å². The number of ether oxygens (including phenoxy) is 1. The first-order chi connectivity index (χ1) is 10.3.